The molecule has 3 rings (SSSR count). The molecule has 2 aromatic heterocycles. The number of nitrogens with zero attached hydrogens (tertiary/aromatic N) is 2. The molecule has 2 nitrogen and oxygen atoms in total. The van der Waals surface area contributed by atoms with E-state index >= 15 is 0 Å². The van der Waals surface area contributed by atoms with Gasteiger partial charge in [-0.1, -0.05) is 24.3 Å². The summed E-state index contributed by atoms with van der Waals surface area (Å²) < 4.78 is 2.09. The van der Waals surface area contributed by atoms with Crippen LogP contribution in [0.2, 0.25) is 0 Å². The minimum atomic E-state index is 0.957. The van der Waals surface area contributed by atoms with Gasteiger partial charge in [0.15, 0.2) is 0 Å². The summed E-state index contributed by atoms with van der Waals surface area (Å²) in [5, 5.41) is 1.24. The number of rotatable bonds is 1. The average Bonchev–Trinajstić information content (AvgIpc) is 2.74. The minimum Gasteiger partial charge on any atom is -0.301 e. The molecule has 0 saturated carbocycles. The van der Waals surface area contributed by atoms with Crippen LogP contribution in [-0.2, 0) is 0 Å². The first kappa shape index (κ1) is 8.24. The van der Waals surface area contributed by atoms with Gasteiger partial charge in [-0.2, -0.15) is 0 Å². The Bertz CT molecular complexity index is 582. The second-order valence-corrected chi connectivity index (χ2v) is 3.43. The molecule has 0 bridgehead atoms. The molecule has 2 heteroatoms. The quantitative estimate of drug-likeness (QED) is 0.582. The fourth-order valence-corrected chi connectivity index (χ4v) is 1.78. The highest BCUT2D eigenvalue weighted by molar-refractivity contribution is 5.81. The van der Waals surface area contributed by atoms with Crippen molar-refractivity contribution in [2.75, 3.05) is 0 Å². The predicted molar refractivity (Wildman–Crippen MR) is 61.1 cm³/mol. The van der Waals surface area contributed by atoms with Crippen molar-refractivity contribution in [3.05, 3.63) is 60.9 Å². The lowest BCUT2D eigenvalue weighted by atomic mass is 10.2. The van der Waals surface area contributed by atoms with Crippen molar-refractivity contribution in [1.82, 2.24) is 9.55 Å². The highest BCUT2D eigenvalue weighted by Crippen LogP contribution is 2.18. The normalized spacial score (nSPS) is 10.7. The van der Waals surface area contributed by atoms with Gasteiger partial charge in [-0.15, -0.1) is 0 Å². The molecule has 1 aromatic carbocycles. The Morgan fingerprint density at radius 3 is 2.60 bits per heavy atom. The third-order valence-electron chi connectivity index (χ3n) is 2.50. The van der Waals surface area contributed by atoms with Crippen LogP contribution in [0, 0.1) is 0 Å². The molecule has 3 aromatic rings. The van der Waals surface area contributed by atoms with Crippen LogP contribution in [0.25, 0.3) is 16.7 Å². The van der Waals surface area contributed by atoms with Crippen LogP contribution >= 0.6 is 0 Å². The molecule has 72 valence electrons. The summed E-state index contributed by atoms with van der Waals surface area (Å²) in [6, 6.07) is 16.3. The van der Waals surface area contributed by atoms with E-state index in [1.54, 1.807) is 0 Å². The summed E-state index contributed by atoms with van der Waals surface area (Å²) in [5.74, 6) is 0.957. The SMILES string of the molecule is c1ccc(-n2ccc3ccccc32)nc1. The van der Waals surface area contributed by atoms with Crippen LogP contribution in [0.1, 0.15) is 0 Å². The van der Waals surface area contributed by atoms with Crippen molar-refractivity contribution in [3.63, 3.8) is 0 Å². The summed E-state index contributed by atoms with van der Waals surface area (Å²) in [6.07, 6.45) is 3.86. The molecule has 0 aliphatic carbocycles. The highest BCUT2D eigenvalue weighted by atomic mass is 15.0. The fraction of sp³-hybridized carbons (Fsp3) is 0. The van der Waals surface area contributed by atoms with Crippen molar-refractivity contribution < 1.29 is 0 Å². The van der Waals surface area contributed by atoms with E-state index in [9.17, 15) is 0 Å². The molecule has 15 heavy (non-hydrogen) atoms. The average molecular weight is 194 g/mol. The van der Waals surface area contributed by atoms with Crippen molar-refractivity contribution in [2.45, 2.75) is 0 Å². The summed E-state index contributed by atoms with van der Waals surface area (Å²) in [4.78, 5) is 4.33. The van der Waals surface area contributed by atoms with Crippen molar-refractivity contribution in [2.24, 2.45) is 0 Å². The van der Waals surface area contributed by atoms with E-state index < -0.39 is 0 Å². The maximum atomic E-state index is 4.33. The topological polar surface area (TPSA) is 17.8 Å². The first-order chi connectivity index (χ1) is 7.45. The fourth-order valence-electron chi connectivity index (χ4n) is 1.78. The van der Waals surface area contributed by atoms with Crippen LogP contribution in [0.5, 0.6) is 0 Å². The molecule has 2 heterocycles. The maximum absolute atomic E-state index is 4.33. The molecule has 0 unspecified atom stereocenters. The third-order valence-corrected chi connectivity index (χ3v) is 2.50. The van der Waals surface area contributed by atoms with E-state index in [2.05, 4.69) is 27.8 Å². The van der Waals surface area contributed by atoms with Crippen molar-refractivity contribution in [1.29, 1.82) is 0 Å². The minimum absolute atomic E-state index is 0.957. The van der Waals surface area contributed by atoms with E-state index in [0.717, 1.165) is 5.82 Å². The highest BCUT2D eigenvalue weighted by Gasteiger charge is 2.01. The zero-order valence-electron chi connectivity index (χ0n) is 8.17. The van der Waals surface area contributed by atoms with Gasteiger partial charge in [0.2, 0.25) is 0 Å². The number of pyridine rings is 1. The molecule has 0 radical (unpaired) electrons. The van der Waals surface area contributed by atoms with Gasteiger partial charge in [0.05, 0.1) is 5.52 Å². The largest absolute Gasteiger partial charge is 0.301 e. The van der Waals surface area contributed by atoms with Crippen LogP contribution < -0.4 is 0 Å². The number of fused-ring (bicyclic) bond motifs is 1. The lowest BCUT2D eigenvalue weighted by molar-refractivity contribution is 1.04. The molecule has 0 fully saturated rings. The van der Waals surface area contributed by atoms with Crippen LogP contribution in [0.4, 0.5) is 0 Å². The van der Waals surface area contributed by atoms with Gasteiger partial charge in [-0.25, -0.2) is 4.98 Å². The van der Waals surface area contributed by atoms with Gasteiger partial charge in [0.25, 0.3) is 0 Å². The Balaban J connectivity index is 2.28. The molecule has 0 saturated heterocycles. The number of hydrogen-bond acceptors (Lipinski definition) is 1. The van der Waals surface area contributed by atoms with E-state index in [4.69, 9.17) is 0 Å². The molecule has 0 spiro atoms. The zero-order chi connectivity index (χ0) is 10.1. The van der Waals surface area contributed by atoms with Crippen molar-refractivity contribution in [3.8, 4) is 5.82 Å². The molecule has 0 N–H and O–H groups in total. The molecular formula is C13H10N2. The second kappa shape index (κ2) is 3.24. The lowest BCUT2D eigenvalue weighted by Crippen LogP contribution is -1.93. The maximum Gasteiger partial charge on any atom is 0.137 e. The van der Waals surface area contributed by atoms with E-state index in [1.807, 2.05) is 42.7 Å². The molecule has 0 atom stereocenters. The Kier molecular flexibility index (Phi) is 1.78. The summed E-state index contributed by atoms with van der Waals surface area (Å²) in [5.41, 5.74) is 1.19. The second-order valence-electron chi connectivity index (χ2n) is 3.43. The van der Waals surface area contributed by atoms with Crippen molar-refractivity contribution >= 4 is 10.9 Å². The first-order valence-electron chi connectivity index (χ1n) is 4.93. The van der Waals surface area contributed by atoms with Gasteiger partial charge in [-0.05, 0) is 29.7 Å². The zero-order valence-corrected chi connectivity index (χ0v) is 8.17. The van der Waals surface area contributed by atoms with Crippen LogP contribution in [0.3, 0.4) is 0 Å². The molecule has 0 amide bonds. The molecule has 0 aliphatic rings. The Hall–Kier alpha value is -2.09. The van der Waals surface area contributed by atoms with Gasteiger partial charge >= 0.3 is 0 Å². The smallest absolute Gasteiger partial charge is 0.137 e. The van der Waals surface area contributed by atoms with Crippen LogP contribution in [0.15, 0.2) is 60.9 Å². The van der Waals surface area contributed by atoms with E-state index in [1.165, 1.54) is 10.9 Å². The number of aromatic nitrogens is 2. The molecular weight excluding hydrogens is 184 g/mol. The number of hydrogen-bond donors (Lipinski definition) is 0. The third kappa shape index (κ3) is 1.31. The van der Waals surface area contributed by atoms with E-state index in [-0.39, 0.29) is 0 Å². The summed E-state index contributed by atoms with van der Waals surface area (Å²) >= 11 is 0. The van der Waals surface area contributed by atoms with Gasteiger partial charge in [0, 0.05) is 12.4 Å². The molecule has 0 aliphatic heterocycles. The van der Waals surface area contributed by atoms with Gasteiger partial charge in [-0.3, -0.25) is 0 Å². The van der Waals surface area contributed by atoms with Crippen LogP contribution in [-0.4, -0.2) is 9.55 Å². The standard InChI is InChI=1S/C13H10N2/c1-2-6-12-11(5-1)8-10-15(12)13-7-3-4-9-14-13/h1-10H. The van der Waals surface area contributed by atoms with Gasteiger partial charge in [0.1, 0.15) is 5.82 Å². The Morgan fingerprint density at radius 2 is 1.73 bits per heavy atom. The monoisotopic (exact) mass is 194 g/mol. The Labute approximate surface area is 87.8 Å². The summed E-state index contributed by atoms with van der Waals surface area (Å²) in [6.45, 7) is 0. The van der Waals surface area contributed by atoms with E-state index in [0.29, 0.717) is 0 Å². The lowest BCUT2D eigenvalue weighted by Gasteiger charge is -2.02. The number of para-hydroxylation sites is 1. The van der Waals surface area contributed by atoms with Gasteiger partial charge < -0.3 is 4.57 Å². The Morgan fingerprint density at radius 1 is 0.867 bits per heavy atom. The first-order valence-corrected chi connectivity index (χ1v) is 4.93. The summed E-state index contributed by atoms with van der Waals surface area (Å²) in [7, 11) is 0. The number of benzene rings is 1. The predicted octanol–water partition coefficient (Wildman–Crippen LogP) is 3.03.